The van der Waals surface area contributed by atoms with Gasteiger partial charge >= 0.3 is 0 Å². The third-order valence-corrected chi connectivity index (χ3v) is 6.55. The molecule has 7 nitrogen and oxygen atoms in total. The molecule has 0 bridgehead atoms. The third-order valence-electron chi connectivity index (χ3n) is 6.55. The lowest BCUT2D eigenvalue weighted by atomic mass is 9.72. The fourth-order valence-electron chi connectivity index (χ4n) is 4.44. The first-order valence-corrected chi connectivity index (χ1v) is 11.2. The first-order valence-electron chi connectivity index (χ1n) is 11.2. The van der Waals surface area contributed by atoms with E-state index in [0.717, 1.165) is 41.5 Å². The van der Waals surface area contributed by atoms with Crippen LogP contribution in [-0.4, -0.2) is 29.8 Å². The second-order valence-corrected chi connectivity index (χ2v) is 8.66. The number of nitrogens with two attached hydrogens (primary N) is 1. The van der Waals surface area contributed by atoms with Crippen molar-refractivity contribution in [3.8, 4) is 22.5 Å². The lowest BCUT2D eigenvalue weighted by Gasteiger charge is -2.38. The van der Waals surface area contributed by atoms with Gasteiger partial charge in [0.2, 0.25) is 11.7 Å². The van der Waals surface area contributed by atoms with E-state index < -0.39 is 0 Å². The van der Waals surface area contributed by atoms with Gasteiger partial charge in [0, 0.05) is 37.4 Å². The van der Waals surface area contributed by atoms with Crippen LogP contribution in [0.3, 0.4) is 0 Å². The quantitative estimate of drug-likeness (QED) is 0.414. The lowest BCUT2D eigenvalue weighted by Crippen LogP contribution is -2.43. The number of methoxy groups -OCH3 is 1. The molecule has 0 unspecified atom stereocenters. The number of nitrogens with one attached hydrogen (secondary N) is 1. The zero-order chi connectivity index (χ0) is 23.0. The van der Waals surface area contributed by atoms with Crippen LogP contribution in [0, 0.1) is 0 Å². The third kappa shape index (κ3) is 3.73. The number of rotatable bonds is 7. The Kier molecular flexibility index (Phi) is 5.52. The van der Waals surface area contributed by atoms with E-state index in [1.165, 1.54) is 4.57 Å². The van der Waals surface area contributed by atoms with Gasteiger partial charge in [-0.15, -0.1) is 0 Å². The van der Waals surface area contributed by atoms with Crippen molar-refractivity contribution in [2.24, 2.45) is 12.8 Å². The predicted molar refractivity (Wildman–Crippen MR) is 130 cm³/mol. The summed E-state index contributed by atoms with van der Waals surface area (Å²) in [4.78, 5) is 18.1. The maximum atomic E-state index is 13.4. The first-order chi connectivity index (χ1) is 16.0. The molecule has 170 valence electrons. The summed E-state index contributed by atoms with van der Waals surface area (Å²) < 4.78 is 12.9. The average molecular weight is 445 g/mol. The van der Waals surface area contributed by atoms with Crippen molar-refractivity contribution >= 4 is 17.0 Å². The van der Waals surface area contributed by atoms with Crippen LogP contribution in [0.4, 0.5) is 5.95 Å². The minimum absolute atomic E-state index is 0.166. The number of fused-ring (bicyclic) bond motifs is 1. The molecule has 1 aliphatic rings. The summed E-state index contributed by atoms with van der Waals surface area (Å²) in [6.45, 7) is 1.03. The Balaban J connectivity index is 1.67. The van der Waals surface area contributed by atoms with Gasteiger partial charge in [0.15, 0.2) is 0 Å². The highest BCUT2D eigenvalue weighted by molar-refractivity contribution is 6.00. The predicted octanol–water partition coefficient (Wildman–Crippen LogP) is 4.26. The molecule has 2 aromatic carbocycles. The topological polar surface area (TPSA) is 95.3 Å². The Morgan fingerprint density at radius 2 is 1.85 bits per heavy atom. The Hall–Kier alpha value is -3.42. The van der Waals surface area contributed by atoms with Gasteiger partial charge < -0.3 is 20.2 Å². The van der Waals surface area contributed by atoms with Crippen molar-refractivity contribution in [2.75, 3.05) is 25.6 Å². The molecule has 3 N–H and O–H groups in total. The molecule has 0 aliphatic heterocycles. The average Bonchev–Trinajstić information content (AvgIpc) is 3.21. The highest BCUT2D eigenvalue weighted by atomic mass is 16.5. The summed E-state index contributed by atoms with van der Waals surface area (Å²) in [5.74, 6) is 1.07. The van der Waals surface area contributed by atoms with Gasteiger partial charge in [-0.05, 0) is 30.4 Å². The lowest BCUT2D eigenvalue weighted by molar-refractivity contribution is 0.210. The zero-order valence-electron chi connectivity index (χ0n) is 18.9. The molecule has 0 spiro atoms. The summed E-state index contributed by atoms with van der Waals surface area (Å²) >= 11 is 0. The van der Waals surface area contributed by atoms with E-state index in [4.69, 9.17) is 14.9 Å². The number of benzene rings is 2. The maximum Gasteiger partial charge on any atom is 0.266 e. The van der Waals surface area contributed by atoms with Crippen LogP contribution in [0.25, 0.3) is 33.6 Å². The monoisotopic (exact) mass is 444 g/mol. The minimum atomic E-state index is -0.227. The van der Waals surface area contributed by atoms with Crippen LogP contribution in [0.2, 0.25) is 0 Å². The Morgan fingerprint density at radius 3 is 2.48 bits per heavy atom. The Labute approximate surface area is 192 Å². The molecular weight excluding hydrogens is 416 g/mol. The minimum Gasteiger partial charge on any atom is -0.437 e. The smallest absolute Gasteiger partial charge is 0.266 e. The van der Waals surface area contributed by atoms with E-state index in [-0.39, 0.29) is 11.1 Å². The molecule has 0 radical (unpaired) electrons. The number of aromatic nitrogens is 2. The number of ether oxygens (including phenoxy) is 1. The van der Waals surface area contributed by atoms with Gasteiger partial charge in [-0.2, -0.15) is 4.98 Å². The van der Waals surface area contributed by atoms with Gasteiger partial charge in [0.05, 0.1) is 6.61 Å². The Morgan fingerprint density at radius 1 is 1.12 bits per heavy atom. The SMILES string of the molecule is COCCNc1nc2oc(-c3ccc(C4(N)CCC4)cc3)c(-c3ccccc3)c2c(=O)n1C. The second kappa shape index (κ2) is 8.50. The van der Waals surface area contributed by atoms with E-state index in [9.17, 15) is 4.79 Å². The highest BCUT2D eigenvalue weighted by Crippen LogP contribution is 2.42. The van der Waals surface area contributed by atoms with Gasteiger partial charge in [-0.3, -0.25) is 9.36 Å². The van der Waals surface area contributed by atoms with E-state index >= 15 is 0 Å². The molecule has 1 fully saturated rings. The first kappa shape index (κ1) is 21.4. The molecule has 2 heterocycles. The van der Waals surface area contributed by atoms with Crippen LogP contribution in [0.15, 0.2) is 63.8 Å². The normalized spacial score (nSPS) is 14.9. The summed E-state index contributed by atoms with van der Waals surface area (Å²) in [6.07, 6.45) is 3.17. The number of anilines is 1. The molecule has 7 heteroatoms. The van der Waals surface area contributed by atoms with Gasteiger partial charge in [0.1, 0.15) is 11.1 Å². The summed E-state index contributed by atoms with van der Waals surface area (Å²) in [5, 5.41) is 3.61. The van der Waals surface area contributed by atoms with Crippen LogP contribution in [0.1, 0.15) is 24.8 Å². The molecule has 0 amide bonds. The van der Waals surface area contributed by atoms with E-state index in [1.807, 2.05) is 42.5 Å². The molecule has 4 aromatic rings. The number of hydrogen-bond acceptors (Lipinski definition) is 6. The van der Waals surface area contributed by atoms with E-state index in [1.54, 1.807) is 14.2 Å². The molecule has 0 atom stereocenters. The van der Waals surface area contributed by atoms with E-state index in [0.29, 0.717) is 36.0 Å². The highest BCUT2D eigenvalue weighted by Gasteiger charge is 2.34. The van der Waals surface area contributed by atoms with Crippen molar-refractivity contribution in [3.63, 3.8) is 0 Å². The van der Waals surface area contributed by atoms with E-state index in [2.05, 4.69) is 22.4 Å². The fraction of sp³-hybridized carbons (Fsp3) is 0.308. The summed E-state index contributed by atoms with van der Waals surface area (Å²) in [5.41, 5.74) is 10.1. The van der Waals surface area contributed by atoms with Crippen molar-refractivity contribution in [3.05, 3.63) is 70.5 Å². The summed E-state index contributed by atoms with van der Waals surface area (Å²) in [7, 11) is 3.34. The fourth-order valence-corrected chi connectivity index (χ4v) is 4.44. The van der Waals surface area contributed by atoms with Crippen molar-refractivity contribution in [2.45, 2.75) is 24.8 Å². The second-order valence-electron chi connectivity index (χ2n) is 8.66. The number of hydrogen-bond donors (Lipinski definition) is 2. The number of furan rings is 1. The van der Waals surface area contributed by atoms with Gasteiger partial charge in [-0.1, -0.05) is 54.6 Å². The van der Waals surface area contributed by atoms with Gasteiger partial charge in [0.25, 0.3) is 5.56 Å². The van der Waals surface area contributed by atoms with Crippen molar-refractivity contribution < 1.29 is 9.15 Å². The number of nitrogens with zero attached hydrogens (tertiary/aromatic N) is 2. The van der Waals surface area contributed by atoms with Crippen LogP contribution in [-0.2, 0) is 17.3 Å². The molecule has 0 saturated heterocycles. The largest absolute Gasteiger partial charge is 0.437 e. The summed E-state index contributed by atoms with van der Waals surface area (Å²) in [6, 6.07) is 18.0. The van der Waals surface area contributed by atoms with Crippen molar-refractivity contribution in [1.82, 2.24) is 9.55 Å². The Bertz CT molecular complexity index is 1340. The van der Waals surface area contributed by atoms with Crippen LogP contribution >= 0.6 is 0 Å². The molecule has 5 rings (SSSR count). The van der Waals surface area contributed by atoms with Gasteiger partial charge in [-0.25, -0.2) is 0 Å². The van der Waals surface area contributed by atoms with Crippen LogP contribution in [0.5, 0.6) is 0 Å². The zero-order valence-corrected chi connectivity index (χ0v) is 18.9. The molecule has 1 aliphatic carbocycles. The van der Waals surface area contributed by atoms with Crippen molar-refractivity contribution in [1.29, 1.82) is 0 Å². The standard InChI is InChI=1S/C26H28N4O3/c1-30-24(31)21-20(17-7-4-3-5-8-17)22(33-23(21)29-25(30)28-15-16-32-2)18-9-11-19(12-10-18)26(27)13-6-14-26/h3-5,7-12H,6,13-16,27H2,1-2H3,(H,28,29). The maximum absolute atomic E-state index is 13.4. The molecule has 2 aromatic heterocycles. The molecular formula is C26H28N4O3. The van der Waals surface area contributed by atoms with Crippen LogP contribution < -0.4 is 16.6 Å². The molecule has 33 heavy (non-hydrogen) atoms. The molecule has 1 saturated carbocycles.